The number of carbonyl (C=O) groups is 3. The van der Waals surface area contributed by atoms with Gasteiger partial charge in [0.05, 0.1) is 0 Å². The fourth-order valence-corrected chi connectivity index (χ4v) is 2.00. The first-order valence-corrected chi connectivity index (χ1v) is 6.94. The fourth-order valence-electron chi connectivity index (χ4n) is 2.00. The maximum absolute atomic E-state index is 12.1. The van der Waals surface area contributed by atoms with Gasteiger partial charge >= 0.3 is 0 Å². The van der Waals surface area contributed by atoms with Gasteiger partial charge in [-0.2, -0.15) is 0 Å². The van der Waals surface area contributed by atoms with Crippen LogP contribution in [0.5, 0.6) is 0 Å². The second-order valence-electron chi connectivity index (χ2n) is 4.83. The van der Waals surface area contributed by atoms with Crippen LogP contribution < -0.4 is 16.0 Å². The van der Waals surface area contributed by atoms with Crippen molar-refractivity contribution in [2.75, 3.05) is 11.9 Å². The molecule has 2 rings (SSSR count). The molecule has 0 saturated carbocycles. The summed E-state index contributed by atoms with van der Waals surface area (Å²) < 4.78 is 0. The molecule has 21 heavy (non-hydrogen) atoms. The zero-order valence-electron chi connectivity index (χ0n) is 11.8. The Labute approximate surface area is 122 Å². The molecule has 112 valence electrons. The smallest absolute Gasteiger partial charge is 0.270 e. The zero-order chi connectivity index (χ0) is 15.2. The minimum absolute atomic E-state index is 0.224. The maximum atomic E-state index is 12.1. The van der Waals surface area contributed by atoms with E-state index in [0.717, 1.165) is 18.7 Å². The first-order valence-electron chi connectivity index (χ1n) is 6.94. The van der Waals surface area contributed by atoms with Crippen molar-refractivity contribution in [2.24, 2.45) is 0 Å². The number of hydrogen-bond acceptors (Lipinski definition) is 5. The van der Waals surface area contributed by atoms with Gasteiger partial charge in [-0.3, -0.25) is 24.7 Å². The van der Waals surface area contributed by atoms with Gasteiger partial charge in [-0.1, -0.05) is 6.92 Å². The lowest BCUT2D eigenvalue weighted by atomic mass is 10.1. The molecule has 1 aliphatic rings. The number of pyridine rings is 1. The Hall–Kier alpha value is -2.44. The van der Waals surface area contributed by atoms with Gasteiger partial charge in [0.25, 0.3) is 5.91 Å². The van der Waals surface area contributed by atoms with E-state index in [9.17, 15) is 14.4 Å². The van der Waals surface area contributed by atoms with Gasteiger partial charge in [0.2, 0.25) is 11.8 Å². The predicted octanol–water partition coefficient (Wildman–Crippen LogP) is 0.438. The number of carbonyl (C=O) groups excluding carboxylic acids is 3. The molecule has 1 aromatic heterocycles. The number of amides is 3. The number of imide groups is 1. The van der Waals surface area contributed by atoms with Crippen LogP contribution in [0.4, 0.5) is 5.69 Å². The molecule has 1 aromatic rings. The summed E-state index contributed by atoms with van der Waals surface area (Å²) in [7, 11) is 0. The van der Waals surface area contributed by atoms with Gasteiger partial charge < -0.3 is 10.6 Å². The molecule has 3 amide bonds. The molecule has 0 aromatic carbocycles. The molecular weight excluding hydrogens is 272 g/mol. The van der Waals surface area contributed by atoms with Crippen molar-refractivity contribution in [1.82, 2.24) is 15.6 Å². The molecule has 0 bridgehead atoms. The van der Waals surface area contributed by atoms with Gasteiger partial charge in [0, 0.05) is 24.8 Å². The normalized spacial score (nSPS) is 18.0. The molecule has 1 saturated heterocycles. The average Bonchev–Trinajstić information content (AvgIpc) is 2.48. The summed E-state index contributed by atoms with van der Waals surface area (Å²) in [6.07, 6.45) is 3.05. The number of anilines is 1. The molecule has 1 atom stereocenters. The molecule has 7 heteroatoms. The highest BCUT2D eigenvalue weighted by Gasteiger charge is 2.28. The molecule has 7 nitrogen and oxygen atoms in total. The minimum atomic E-state index is -0.691. The molecule has 0 spiro atoms. The summed E-state index contributed by atoms with van der Waals surface area (Å²) in [5.74, 6) is -1.21. The van der Waals surface area contributed by atoms with Crippen LogP contribution in [0.3, 0.4) is 0 Å². The van der Waals surface area contributed by atoms with Crippen LogP contribution >= 0.6 is 0 Å². The van der Waals surface area contributed by atoms with E-state index in [4.69, 9.17) is 0 Å². The van der Waals surface area contributed by atoms with Crippen molar-refractivity contribution in [3.8, 4) is 0 Å². The molecule has 0 radical (unpaired) electrons. The van der Waals surface area contributed by atoms with E-state index in [0.29, 0.717) is 6.42 Å². The van der Waals surface area contributed by atoms with Crippen molar-refractivity contribution in [1.29, 1.82) is 0 Å². The Balaban J connectivity index is 1.99. The SMILES string of the molecule is CCCNc1ccnc(C(=O)NC2CCC(=O)NC2=O)c1. The topological polar surface area (TPSA) is 100 Å². The van der Waals surface area contributed by atoms with Crippen LogP contribution in [-0.2, 0) is 9.59 Å². The molecule has 3 N–H and O–H groups in total. The lowest BCUT2D eigenvalue weighted by Crippen LogP contribution is -2.52. The molecular formula is C14H18N4O3. The van der Waals surface area contributed by atoms with Crippen LogP contribution in [0.1, 0.15) is 36.7 Å². The van der Waals surface area contributed by atoms with E-state index < -0.39 is 17.9 Å². The Morgan fingerprint density at radius 1 is 1.48 bits per heavy atom. The molecule has 0 aliphatic carbocycles. The van der Waals surface area contributed by atoms with Crippen molar-refractivity contribution in [3.63, 3.8) is 0 Å². The first-order chi connectivity index (χ1) is 10.1. The van der Waals surface area contributed by atoms with Crippen LogP contribution in [0.2, 0.25) is 0 Å². The Morgan fingerprint density at radius 3 is 3.00 bits per heavy atom. The Bertz CT molecular complexity index is 559. The quantitative estimate of drug-likeness (QED) is 0.683. The van der Waals surface area contributed by atoms with E-state index in [1.165, 1.54) is 6.20 Å². The Kier molecular flexibility index (Phi) is 4.86. The highest BCUT2D eigenvalue weighted by molar-refractivity contribution is 6.03. The van der Waals surface area contributed by atoms with Crippen LogP contribution in [-0.4, -0.2) is 35.3 Å². The second-order valence-corrected chi connectivity index (χ2v) is 4.83. The summed E-state index contributed by atoms with van der Waals surface area (Å²) in [6.45, 7) is 2.85. The lowest BCUT2D eigenvalue weighted by Gasteiger charge is -2.21. The number of rotatable bonds is 5. The number of nitrogens with zero attached hydrogens (tertiary/aromatic N) is 1. The zero-order valence-corrected chi connectivity index (χ0v) is 11.8. The van der Waals surface area contributed by atoms with Gasteiger partial charge in [-0.15, -0.1) is 0 Å². The van der Waals surface area contributed by atoms with E-state index in [2.05, 4.69) is 20.9 Å². The van der Waals surface area contributed by atoms with Gasteiger partial charge in [-0.25, -0.2) is 0 Å². The highest BCUT2D eigenvalue weighted by Crippen LogP contribution is 2.10. The number of nitrogens with one attached hydrogen (secondary N) is 3. The standard InChI is InChI=1S/C14H18N4O3/c1-2-6-15-9-5-7-16-11(8-9)14(21)17-10-3-4-12(19)18-13(10)20/h5,7-8,10H,2-4,6H2,1H3,(H,15,16)(H,17,21)(H,18,19,20). The summed E-state index contributed by atoms with van der Waals surface area (Å²) >= 11 is 0. The molecule has 2 heterocycles. The van der Waals surface area contributed by atoms with Crippen LogP contribution in [0.25, 0.3) is 0 Å². The molecule has 1 fully saturated rings. The highest BCUT2D eigenvalue weighted by atomic mass is 16.2. The summed E-state index contributed by atoms with van der Waals surface area (Å²) in [6, 6.07) is 2.72. The van der Waals surface area contributed by atoms with Crippen LogP contribution in [0.15, 0.2) is 18.3 Å². The number of aromatic nitrogens is 1. The van der Waals surface area contributed by atoms with Crippen LogP contribution in [0, 0.1) is 0 Å². The first kappa shape index (κ1) is 15.0. The third-order valence-electron chi connectivity index (χ3n) is 3.12. The minimum Gasteiger partial charge on any atom is -0.385 e. The second kappa shape index (κ2) is 6.83. The predicted molar refractivity (Wildman–Crippen MR) is 76.7 cm³/mol. The van der Waals surface area contributed by atoms with Crippen molar-refractivity contribution >= 4 is 23.4 Å². The van der Waals surface area contributed by atoms with Crippen molar-refractivity contribution < 1.29 is 14.4 Å². The van der Waals surface area contributed by atoms with E-state index >= 15 is 0 Å². The van der Waals surface area contributed by atoms with Crippen molar-refractivity contribution in [2.45, 2.75) is 32.2 Å². The summed E-state index contributed by atoms with van der Waals surface area (Å²) in [5, 5.41) is 7.96. The number of piperidine rings is 1. The largest absolute Gasteiger partial charge is 0.385 e. The van der Waals surface area contributed by atoms with Gasteiger partial charge in [0.15, 0.2) is 0 Å². The summed E-state index contributed by atoms with van der Waals surface area (Å²) in [5.41, 5.74) is 1.04. The lowest BCUT2D eigenvalue weighted by molar-refractivity contribution is -0.134. The van der Waals surface area contributed by atoms with E-state index in [1.54, 1.807) is 12.1 Å². The molecule has 1 aliphatic heterocycles. The molecule has 1 unspecified atom stereocenters. The number of hydrogen-bond donors (Lipinski definition) is 3. The Morgan fingerprint density at radius 2 is 2.29 bits per heavy atom. The third-order valence-corrected chi connectivity index (χ3v) is 3.12. The van der Waals surface area contributed by atoms with E-state index in [1.807, 2.05) is 6.92 Å². The fraction of sp³-hybridized carbons (Fsp3) is 0.429. The summed E-state index contributed by atoms with van der Waals surface area (Å²) in [4.78, 5) is 38.8. The van der Waals surface area contributed by atoms with E-state index in [-0.39, 0.29) is 18.0 Å². The van der Waals surface area contributed by atoms with Crippen molar-refractivity contribution in [3.05, 3.63) is 24.0 Å². The monoisotopic (exact) mass is 290 g/mol. The maximum Gasteiger partial charge on any atom is 0.270 e. The third kappa shape index (κ3) is 4.01. The average molecular weight is 290 g/mol. The van der Waals surface area contributed by atoms with Gasteiger partial charge in [-0.05, 0) is 25.0 Å². The van der Waals surface area contributed by atoms with Gasteiger partial charge in [0.1, 0.15) is 11.7 Å².